The summed E-state index contributed by atoms with van der Waals surface area (Å²) in [7, 11) is 0. The molecule has 17 atom stereocenters. The van der Waals surface area contributed by atoms with E-state index in [0.29, 0.717) is 25.7 Å². The summed E-state index contributed by atoms with van der Waals surface area (Å²) in [6, 6.07) is 0. The average molecular weight is 671 g/mol. The van der Waals surface area contributed by atoms with E-state index in [9.17, 15) is 46.0 Å². The first-order valence-corrected chi connectivity index (χ1v) is 17.6. The normalized spacial score (nSPS) is 51.5. The van der Waals surface area contributed by atoms with E-state index < -0.39 is 78.8 Å². The van der Waals surface area contributed by atoms with E-state index in [1.807, 2.05) is 20.8 Å². The van der Waals surface area contributed by atoms with Gasteiger partial charge >= 0.3 is 0 Å². The van der Waals surface area contributed by atoms with Gasteiger partial charge in [-0.05, 0) is 105 Å². The van der Waals surface area contributed by atoms with Gasteiger partial charge in [0.1, 0.15) is 36.6 Å². The van der Waals surface area contributed by atoms with Crippen LogP contribution in [0.2, 0.25) is 0 Å². The smallest absolute Gasteiger partial charge is 0.186 e. The van der Waals surface area contributed by atoms with Gasteiger partial charge in [0.2, 0.25) is 0 Å². The molecule has 0 aromatic heterocycles. The van der Waals surface area contributed by atoms with Crippen LogP contribution >= 0.6 is 0 Å². The third kappa shape index (κ3) is 5.77. The highest BCUT2D eigenvalue weighted by Crippen LogP contribution is 2.76. The average Bonchev–Trinajstić information content (AvgIpc) is 3.35. The first kappa shape index (κ1) is 37.6. The lowest BCUT2D eigenvalue weighted by atomic mass is 9.34. The fourth-order valence-electron chi connectivity index (χ4n) is 11.8. The van der Waals surface area contributed by atoms with E-state index in [2.05, 4.69) is 20.8 Å². The van der Waals surface area contributed by atoms with Crippen LogP contribution in [0, 0.1) is 45.3 Å². The van der Waals surface area contributed by atoms with Gasteiger partial charge in [-0.15, -0.1) is 0 Å². The van der Waals surface area contributed by atoms with Crippen LogP contribution in [0.3, 0.4) is 0 Å². The Kier molecular flexibility index (Phi) is 10.00. The number of rotatable bonds is 7. The van der Waals surface area contributed by atoms with Crippen LogP contribution in [-0.4, -0.2) is 119 Å². The first-order valence-electron chi connectivity index (χ1n) is 17.6. The number of fused-ring (bicyclic) bond motifs is 5. The third-order valence-corrected chi connectivity index (χ3v) is 14.5. The van der Waals surface area contributed by atoms with E-state index in [1.54, 1.807) is 6.08 Å². The van der Waals surface area contributed by atoms with Crippen LogP contribution in [0.25, 0.3) is 0 Å². The summed E-state index contributed by atoms with van der Waals surface area (Å²) in [4.78, 5) is 0. The molecule has 0 bridgehead atoms. The number of aliphatic hydroxyl groups excluding tert-OH is 8. The summed E-state index contributed by atoms with van der Waals surface area (Å²) in [6.07, 6.45) is -5.82. The maximum absolute atomic E-state index is 12.1. The second kappa shape index (κ2) is 12.5. The predicted octanol–water partition coefficient (Wildman–Crippen LogP) is 1.24. The molecule has 0 radical (unpaired) electrons. The van der Waals surface area contributed by atoms with Crippen LogP contribution < -0.4 is 0 Å². The standard InChI is InChI=1S/C36H62O11/c1-17(13-20(39)30(44)33(4,5)45)18-9-12-35(7)25(18)19(38)14-23-34(6)11-10-24(40)32(2,3)29(34)21(15-36(23,35)8)46-31-28(43)27(42)26(41)22(16-37)47-31/h13,18-31,37-45H,9-12,14-16H2,1-8H3/t18-,19-,20-,21+,22-,23-,24+,25+,26-,27+,28-,29+,30+,31-,34-,35-,36-/m1/s1. The largest absolute Gasteiger partial charge is 0.394 e. The minimum atomic E-state index is -1.57. The van der Waals surface area contributed by atoms with Gasteiger partial charge in [-0.1, -0.05) is 46.3 Å². The Balaban J connectivity index is 1.54. The van der Waals surface area contributed by atoms with Crippen molar-refractivity contribution in [3.05, 3.63) is 11.6 Å². The van der Waals surface area contributed by atoms with Crippen molar-refractivity contribution in [1.82, 2.24) is 0 Å². The molecule has 11 heteroatoms. The van der Waals surface area contributed by atoms with Gasteiger partial charge < -0.3 is 55.4 Å². The third-order valence-electron chi connectivity index (χ3n) is 14.5. The first-order chi connectivity index (χ1) is 21.6. The molecule has 272 valence electrons. The number of allylic oxidation sites excluding steroid dienone is 1. The maximum atomic E-state index is 12.1. The SMILES string of the molecule is CC(=C[C@@H](O)[C@H](O)C(C)(C)O)[C@H]1CC[C@]2(C)[C@@H]1[C@H](O)C[C@@H]1[C@@]3(C)CC[C@H](O)C(C)(C)[C@@H]3[C@@H](O[C@@H]3O[C@H](CO)[C@@H](O)[C@H](O)[C@H]3O)C[C@]12C. The number of hydrogen-bond acceptors (Lipinski definition) is 11. The topological polar surface area (TPSA) is 201 Å². The summed E-state index contributed by atoms with van der Waals surface area (Å²) >= 11 is 0. The second-order valence-corrected chi connectivity index (χ2v) is 17.8. The molecular formula is C36H62O11. The van der Waals surface area contributed by atoms with E-state index in [4.69, 9.17) is 9.47 Å². The quantitative estimate of drug-likeness (QED) is 0.139. The summed E-state index contributed by atoms with van der Waals surface area (Å²) in [6.45, 7) is 15.1. The van der Waals surface area contributed by atoms with Gasteiger partial charge in [0, 0.05) is 0 Å². The fraction of sp³-hybridized carbons (Fsp3) is 0.944. The molecule has 0 unspecified atom stereocenters. The molecule has 5 fully saturated rings. The van der Waals surface area contributed by atoms with Gasteiger partial charge in [-0.3, -0.25) is 0 Å². The van der Waals surface area contributed by atoms with E-state index in [0.717, 1.165) is 18.4 Å². The molecule has 1 aliphatic heterocycles. The van der Waals surface area contributed by atoms with E-state index in [-0.39, 0.29) is 39.9 Å². The Bertz CT molecular complexity index is 1170. The monoisotopic (exact) mass is 670 g/mol. The van der Waals surface area contributed by atoms with Crippen LogP contribution in [0.15, 0.2) is 11.6 Å². The highest BCUT2D eigenvalue weighted by Gasteiger charge is 2.72. The van der Waals surface area contributed by atoms with Crippen molar-refractivity contribution in [2.24, 2.45) is 45.3 Å². The van der Waals surface area contributed by atoms with E-state index >= 15 is 0 Å². The molecule has 0 spiro atoms. The summed E-state index contributed by atoms with van der Waals surface area (Å²) in [5, 5.41) is 96.9. The Hall–Kier alpha value is -0.700. The van der Waals surface area contributed by atoms with Crippen molar-refractivity contribution in [2.75, 3.05) is 6.61 Å². The van der Waals surface area contributed by atoms with Gasteiger partial charge in [0.05, 0.1) is 30.5 Å². The van der Waals surface area contributed by atoms with Crippen molar-refractivity contribution < 1.29 is 55.4 Å². The number of ether oxygens (including phenoxy) is 2. The molecule has 4 saturated carbocycles. The van der Waals surface area contributed by atoms with Crippen molar-refractivity contribution in [3.63, 3.8) is 0 Å². The highest BCUT2D eigenvalue weighted by molar-refractivity contribution is 5.24. The van der Waals surface area contributed by atoms with Gasteiger partial charge in [-0.2, -0.15) is 0 Å². The fourth-order valence-corrected chi connectivity index (χ4v) is 11.8. The van der Waals surface area contributed by atoms with E-state index in [1.165, 1.54) is 13.8 Å². The second-order valence-electron chi connectivity index (χ2n) is 17.8. The zero-order chi connectivity index (χ0) is 35.2. The number of hydrogen-bond donors (Lipinski definition) is 9. The molecule has 4 aliphatic carbocycles. The molecule has 47 heavy (non-hydrogen) atoms. The van der Waals surface area contributed by atoms with Crippen molar-refractivity contribution in [1.29, 1.82) is 0 Å². The van der Waals surface area contributed by atoms with Gasteiger partial charge in [-0.25, -0.2) is 0 Å². The summed E-state index contributed by atoms with van der Waals surface area (Å²) in [5.74, 6) is -0.338. The molecular weight excluding hydrogens is 608 g/mol. The van der Waals surface area contributed by atoms with Crippen LogP contribution in [0.5, 0.6) is 0 Å². The molecule has 0 amide bonds. The number of aliphatic hydroxyl groups is 9. The minimum absolute atomic E-state index is 0.0589. The zero-order valence-electron chi connectivity index (χ0n) is 29.5. The predicted molar refractivity (Wildman–Crippen MR) is 172 cm³/mol. The Morgan fingerprint density at radius 1 is 0.936 bits per heavy atom. The summed E-state index contributed by atoms with van der Waals surface area (Å²) < 4.78 is 12.6. The van der Waals surface area contributed by atoms with Gasteiger partial charge in [0.15, 0.2) is 6.29 Å². The molecule has 11 nitrogen and oxygen atoms in total. The Morgan fingerprint density at radius 3 is 2.17 bits per heavy atom. The Morgan fingerprint density at radius 2 is 1.57 bits per heavy atom. The lowest BCUT2D eigenvalue weighted by molar-refractivity contribution is -0.346. The molecule has 0 aromatic carbocycles. The van der Waals surface area contributed by atoms with Crippen LogP contribution in [0.1, 0.15) is 93.9 Å². The highest BCUT2D eigenvalue weighted by atomic mass is 16.7. The van der Waals surface area contributed by atoms with Crippen molar-refractivity contribution in [3.8, 4) is 0 Å². The van der Waals surface area contributed by atoms with Gasteiger partial charge in [0.25, 0.3) is 0 Å². The Labute approximate surface area is 279 Å². The lowest BCUT2D eigenvalue weighted by Gasteiger charge is -2.72. The van der Waals surface area contributed by atoms with Crippen LogP contribution in [-0.2, 0) is 9.47 Å². The molecule has 5 aliphatic rings. The molecule has 1 saturated heterocycles. The maximum Gasteiger partial charge on any atom is 0.186 e. The molecule has 9 N–H and O–H groups in total. The molecule has 5 rings (SSSR count). The van der Waals surface area contributed by atoms with Crippen molar-refractivity contribution >= 4 is 0 Å². The molecule has 0 aromatic rings. The zero-order valence-corrected chi connectivity index (χ0v) is 29.5. The molecule has 1 heterocycles. The van der Waals surface area contributed by atoms with Crippen molar-refractivity contribution in [2.45, 2.75) is 161 Å². The van der Waals surface area contributed by atoms with Crippen LogP contribution in [0.4, 0.5) is 0 Å². The summed E-state index contributed by atoms with van der Waals surface area (Å²) in [5.41, 5.74) is -2.34. The lowest BCUT2D eigenvalue weighted by Crippen LogP contribution is -2.70. The minimum Gasteiger partial charge on any atom is -0.394 e.